The van der Waals surface area contributed by atoms with Crippen molar-refractivity contribution >= 4 is 29.0 Å². The van der Waals surface area contributed by atoms with E-state index in [-0.39, 0.29) is 18.6 Å². The van der Waals surface area contributed by atoms with Crippen molar-refractivity contribution in [2.24, 2.45) is 0 Å². The van der Waals surface area contributed by atoms with Crippen LogP contribution in [0.4, 0.5) is 0 Å². The maximum absolute atomic E-state index is 11.8. The molecule has 0 amide bonds. The van der Waals surface area contributed by atoms with Crippen LogP contribution in [0.15, 0.2) is 18.2 Å². The molecule has 0 atom stereocenters. The molecule has 2 rings (SSSR count). The van der Waals surface area contributed by atoms with Crippen molar-refractivity contribution in [2.45, 2.75) is 19.1 Å². The Balaban J connectivity index is 1.93. The van der Waals surface area contributed by atoms with Crippen LogP contribution in [-0.2, 0) is 20.7 Å². The minimum atomic E-state index is -0.395. The summed E-state index contributed by atoms with van der Waals surface area (Å²) in [4.78, 5) is 11.8. The molecule has 1 aliphatic rings. The summed E-state index contributed by atoms with van der Waals surface area (Å²) >= 11 is 11.8. The Hall–Kier alpha value is -0.610. The molecule has 0 aliphatic carbocycles. The third-order valence-corrected chi connectivity index (χ3v) is 3.07. The van der Waals surface area contributed by atoms with Crippen LogP contribution in [0.5, 0.6) is 0 Å². The van der Waals surface area contributed by atoms with Crippen LogP contribution in [-0.4, -0.2) is 25.3 Å². The molecule has 1 aromatic carbocycles. The van der Waals surface area contributed by atoms with Crippen molar-refractivity contribution < 1.29 is 14.3 Å². The van der Waals surface area contributed by atoms with E-state index in [1.807, 2.05) is 0 Å². The molecular weight excluding hydrogens is 263 g/mol. The maximum Gasteiger partial charge on any atom is 0.164 e. The van der Waals surface area contributed by atoms with Crippen LogP contribution in [0.1, 0.15) is 12.0 Å². The van der Waals surface area contributed by atoms with Crippen molar-refractivity contribution in [1.82, 2.24) is 0 Å². The minimum Gasteiger partial charge on any atom is -0.350 e. The first kappa shape index (κ1) is 12.8. The number of carbonyl (C=O) groups is 1. The summed E-state index contributed by atoms with van der Waals surface area (Å²) in [5.41, 5.74) is 0.777. The van der Waals surface area contributed by atoms with E-state index in [1.54, 1.807) is 18.2 Å². The lowest BCUT2D eigenvalue weighted by molar-refractivity contribution is -0.126. The van der Waals surface area contributed by atoms with E-state index in [9.17, 15) is 4.79 Å². The molecule has 3 nitrogen and oxygen atoms in total. The average molecular weight is 275 g/mol. The molecule has 0 N–H and O–H groups in total. The Bertz CT molecular complexity index is 414. The second-order valence-corrected chi connectivity index (χ2v) is 4.67. The molecular formula is C12H12Cl2O3. The molecule has 0 radical (unpaired) electrons. The molecule has 0 saturated carbocycles. The first-order valence-electron chi connectivity index (χ1n) is 5.34. The van der Waals surface area contributed by atoms with Gasteiger partial charge in [-0.3, -0.25) is 4.79 Å². The zero-order valence-electron chi connectivity index (χ0n) is 9.12. The first-order valence-corrected chi connectivity index (χ1v) is 6.09. The Morgan fingerprint density at radius 2 is 2.00 bits per heavy atom. The predicted molar refractivity (Wildman–Crippen MR) is 65.5 cm³/mol. The van der Waals surface area contributed by atoms with E-state index in [4.69, 9.17) is 32.7 Å². The summed E-state index contributed by atoms with van der Waals surface area (Å²) in [6.07, 6.45) is 0.145. The van der Waals surface area contributed by atoms with Crippen molar-refractivity contribution in [3.8, 4) is 0 Å². The fourth-order valence-electron chi connectivity index (χ4n) is 1.66. The van der Waals surface area contributed by atoms with Gasteiger partial charge < -0.3 is 9.47 Å². The van der Waals surface area contributed by atoms with Gasteiger partial charge in [-0.25, -0.2) is 0 Å². The van der Waals surface area contributed by atoms with Crippen molar-refractivity contribution in [3.05, 3.63) is 33.8 Å². The summed E-state index contributed by atoms with van der Waals surface area (Å²) in [6, 6.07) is 5.12. The van der Waals surface area contributed by atoms with Crippen LogP contribution in [0.2, 0.25) is 10.0 Å². The van der Waals surface area contributed by atoms with Crippen LogP contribution >= 0.6 is 23.2 Å². The number of hydrogen-bond acceptors (Lipinski definition) is 3. The van der Waals surface area contributed by atoms with Crippen LogP contribution in [0.3, 0.4) is 0 Å². The zero-order chi connectivity index (χ0) is 12.3. The lowest BCUT2D eigenvalue weighted by Crippen LogP contribution is -2.16. The van der Waals surface area contributed by atoms with E-state index < -0.39 is 6.29 Å². The number of carbonyl (C=O) groups excluding carboxylic acids is 1. The van der Waals surface area contributed by atoms with Crippen LogP contribution < -0.4 is 0 Å². The van der Waals surface area contributed by atoms with E-state index in [0.717, 1.165) is 5.56 Å². The molecule has 92 valence electrons. The van der Waals surface area contributed by atoms with Gasteiger partial charge in [0, 0.05) is 16.5 Å². The highest BCUT2D eigenvalue weighted by atomic mass is 35.5. The number of halogens is 2. The molecule has 5 heteroatoms. The van der Waals surface area contributed by atoms with Crippen LogP contribution in [0, 0.1) is 0 Å². The number of Topliss-reactive ketones (excluding diaryl/α,β-unsaturated/α-hetero) is 1. The topological polar surface area (TPSA) is 35.5 Å². The van der Waals surface area contributed by atoms with Crippen molar-refractivity contribution in [3.63, 3.8) is 0 Å². The Kier molecular flexibility index (Phi) is 4.40. The van der Waals surface area contributed by atoms with Gasteiger partial charge in [-0.2, -0.15) is 0 Å². The number of ketones is 1. The summed E-state index contributed by atoms with van der Waals surface area (Å²) in [5, 5.41) is 1.08. The molecule has 1 aliphatic heterocycles. The SMILES string of the molecule is O=C(Cc1ccc(Cl)cc1Cl)CC1OCCO1. The van der Waals surface area contributed by atoms with Gasteiger partial charge in [-0.1, -0.05) is 29.3 Å². The standard InChI is InChI=1S/C12H12Cl2O3/c13-9-2-1-8(11(14)6-9)5-10(15)7-12-16-3-4-17-12/h1-2,6,12H,3-5,7H2. The molecule has 1 fully saturated rings. The molecule has 0 bridgehead atoms. The zero-order valence-corrected chi connectivity index (χ0v) is 10.6. The molecule has 1 heterocycles. The van der Waals surface area contributed by atoms with Crippen molar-refractivity contribution in [2.75, 3.05) is 13.2 Å². The summed E-state index contributed by atoms with van der Waals surface area (Å²) in [5.74, 6) is 0.0427. The van der Waals surface area contributed by atoms with Gasteiger partial charge >= 0.3 is 0 Å². The average Bonchev–Trinajstić information content (AvgIpc) is 2.75. The molecule has 1 aromatic rings. The Morgan fingerprint density at radius 1 is 1.29 bits per heavy atom. The van der Waals surface area contributed by atoms with Crippen LogP contribution in [0.25, 0.3) is 0 Å². The van der Waals surface area contributed by atoms with E-state index >= 15 is 0 Å². The normalized spacial score (nSPS) is 16.4. The smallest absolute Gasteiger partial charge is 0.164 e. The highest BCUT2D eigenvalue weighted by Gasteiger charge is 2.20. The fraction of sp³-hybridized carbons (Fsp3) is 0.417. The van der Waals surface area contributed by atoms with Crippen molar-refractivity contribution in [1.29, 1.82) is 0 Å². The van der Waals surface area contributed by atoms with Gasteiger partial charge in [-0.05, 0) is 17.7 Å². The molecule has 17 heavy (non-hydrogen) atoms. The van der Waals surface area contributed by atoms with Gasteiger partial charge in [0.2, 0.25) is 0 Å². The second-order valence-electron chi connectivity index (χ2n) is 3.83. The largest absolute Gasteiger partial charge is 0.350 e. The van der Waals surface area contributed by atoms with E-state index in [2.05, 4.69) is 0 Å². The molecule has 0 aromatic heterocycles. The fourth-order valence-corrected chi connectivity index (χ4v) is 2.14. The van der Waals surface area contributed by atoms with Gasteiger partial charge in [0.1, 0.15) is 5.78 Å². The summed E-state index contributed by atoms with van der Waals surface area (Å²) in [7, 11) is 0. The third-order valence-electron chi connectivity index (χ3n) is 2.49. The first-order chi connectivity index (χ1) is 8.15. The molecule has 1 saturated heterocycles. The molecule has 0 unspecified atom stereocenters. The minimum absolute atomic E-state index is 0.0427. The lowest BCUT2D eigenvalue weighted by Gasteiger charge is -2.08. The second kappa shape index (κ2) is 5.83. The summed E-state index contributed by atoms with van der Waals surface area (Å²) < 4.78 is 10.4. The monoisotopic (exact) mass is 274 g/mol. The number of ether oxygens (including phenoxy) is 2. The molecule has 0 spiro atoms. The predicted octanol–water partition coefficient (Wildman–Crippen LogP) is 2.87. The highest BCUT2D eigenvalue weighted by Crippen LogP contribution is 2.22. The third kappa shape index (κ3) is 3.68. The Morgan fingerprint density at radius 3 is 2.65 bits per heavy atom. The van der Waals surface area contributed by atoms with Gasteiger partial charge in [0.25, 0.3) is 0 Å². The Labute approximate surface area is 110 Å². The number of hydrogen-bond donors (Lipinski definition) is 0. The van der Waals surface area contributed by atoms with Gasteiger partial charge in [-0.15, -0.1) is 0 Å². The van der Waals surface area contributed by atoms with E-state index in [0.29, 0.717) is 23.3 Å². The van der Waals surface area contributed by atoms with E-state index in [1.165, 1.54) is 0 Å². The van der Waals surface area contributed by atoms with Gasteiger partial charge in [0.05, 0.1) is 19.6 Å². The maximum atomic E-state index is 11.8. The quantitative estimate of drug-likeness (QED) is 0.847. The van der Waals surface area contributed by atoms with Gasteiger partial charge in [0.15, 0.2) is 6.29 Å². The highest BCUT2D eigenvalue weighted by molar-refractivity contribution is 6.35. The summed E-state index contributed by atoms with van der Waals surface area (Å²) in [6.45, 7) is 1.11. The lowest BCUT2D eigenvalue weighted by atomic mass is 10.1. The number of rotatable bonds is 4. The number of benzene rings is 1.